The Morgan fingerprint density at radius 2 is 1.12 bits per heavy atom. The zero-order valence-corrected chi connectivity index (χ0v) is 32.0. The van der Waals surface area contributed by atoms with E-state index in [0.717, 1.165) is 20.4 Å². The number of rotatable bonds is 7. The van der Waals surface area contributed by atoms with Crippen LogP contribution in [0.5, 0.6) is 11.8 Å². The van der Waals surface area contributed by atoms with Gasteiger partial charge in [0.05, 0.1) is 17.0 Å². The van der Waals surface area contributed by atoms with Crippen LogP contribution in [-0.2, 0) is 57.6 Å². The van der Waals surface area contributed by atoms with Crippen molar-refractivity contribution in [1.29, 1.82) is 0 Å². The van der Waals surface area contributed by atoms with Gasteiger partial charge in [-0.3, -0.25) is 0 Å². The van der Waals surface area contributed by atoms with E-state index in [1.807, 2.05) is 0 Å². The summed E-state index contributed by atoms with van der Waals surface area (Å²) in [5.74, 6) is -2.55. The van der Waals surface area contributed by atoms with Gasteiger partial charge in [-0.2, -0.15) is 62.9 Å². The van der Waals surface area contributed by atoms with Gasteiger partial charge in [0.1, 0.15) is 0 Å². The van der Waals surface area contributed by atoms with Crippen LogP contribution in [0.3, 0.4) is 0 Å². The monoisotopic (exact) mass is 900 g/mol. The van der Waals surface area contributed by atoms with Crippen LogP contribution in [0.25, 0.3) is 0 Å². The highest BCUT2D eigenvalue weighted by atomic mass is 35.5. The Bertz CT molecular complexity index is 1860. The number of aromatic nitrogens is 4. The smallest absolute Gasteiger partial charge is 0.435 e. The molecule has 12 nitrogen and oxygen atoms in total. The van der Waals surface area contributed by atoms with E-state index in [-0.39, 0.29) is 5.04 Å². The fourth-order valence-electron chi connectivity index (χ4n) is 4.08. The van der Waals surface area contributed by atoms with Gasteiger partial charge in [0.25, 0.3) is 0 Å². The minimum absolute atomic E-state index is 0.214. The highest BCUT2D eigenvalue weighted by molar-refractivity contribution is 8.13. The van der Waals surface area contributed by atoms with E-state index >= 15 is 0 Å². The highest BCUT2D eigenvalue weighted by Crippen LogP contribution is 2.40. The average Bonchev–Trinajstić information content (AvgIpc) is 3.69. The number of hydrogen-bond acceptors (Lipinski definition) is 11. The maximum absolute atomic E-state index is 14.1. The molecule has 0 saturated heterocycles. The molecule has 322 valence electrons. The van der Waals surface area contributed by atoms with Crippen LogP contribution in [-0.4, -0.2) is 93.4 Å². The summed E-state index contributed by atoms with van der Waals surface area (Å²) in [6.45, 7) is 2.19. The maximum atomic E-state index is 14.1. The summed E-state index contributed by atoms with van der Waals surface area (Å²) >= 11 is 5.87. The van der Waals surface area contributed by atoms with Crippen molar-refractivity contribution in [3.63, 3.8) is 0 Å². The Labute approximate surface area is 317 Å². The zero-order chi connectivity index (χ0) is 43.6. The van der Waals surface area contributed by atoms with Gasteiger partial charge in [0.2, 0.25) is 16.8 Å². The topological polar surface area (TPSA) is 131 Å². The quantitative estimate of drug-likeness (QED) is 0.203. The Kier molecular flexibility index (Phi) is 15.0. The van der Waals surface area contributed by atoms with E-state index in [1.54, 1.807) is 0 Å². The second kappa shape index (κ2) is 17.2. The van der Waals surface area contributed by atoms with Crippen molar-refractivity contribution >= 4 is 43.3 Å². The second-order valence-electron chi connectivity index (χ2n) is 12.5. The Balaban J connectivity index is 0.000000313. The van der Waals surface area contributed by atoms with Crippen molar-refractivity contribution < 1.29 is 89.0 Å². The van der Waals surface area contributed by atoms with Crippen molar-refractivity contribution in [3.8, 4) is 11.8 Å². The minimum atomic E-state index is -4.92. The van der Waals surface area contributed by atoms with Gasteiger partial charge in [-0.1, -0.05) is 22.1 Å². The predicted molar refractivity (Wildman–Crippen MR) is 170 cm³/mol. The van der Waals surface area contributed by atoms with Crippen LogP contribution >= 0.6 is 23.4 Å². The molecule has 0 bridgehead atoms. The third kappa shape index (κ3) is 13.1. The Morgan fingerprint density at radius 1 is 0.732 bits per heavy atom. The Hall–Kier alpha value is -3.43. The van der Waals surface area contributed by atoms with Crippen LogP contribution in [0.4, 0.5) is 61.5 Å². The van der Waals surface area contributed by atoms with E-state index < -0.39 is 122 Å². The summed E-state index contributed by atoms with van der Waals surface area (Å²) < 4.78 is 209. The molecule has 0 N–H and O–H groups in total. The number of ether oxygens (including phenoxy) is 2. The number of hydrogen-bond donors (Lipinski definition) is 0. The first-order valence-electron chi connectivity index (χ1n) is 14.9. The third-order valence-electron chi connectivity index (χ3n) is 6.73. The lowest BCUT2D eigenvalue weighted by atomic mass is 10.1. The zero-order valence-electron chi connectivity index (χ0n) is 29.6. The molecule has 56 heavy (non-hydrogen) atoms. The number of nitrogens with zero attached hydrogens (tertiary/aromatic N) is 6. The van der Waals surface area contributed by atoms with Crippen LogP contribution in [0.1, 0.15) is 50.2 Å². The first kappa shape index (κ1) is 48.7. The van der Waals surface area contributed by atoms with E-state index in [1.165, 1.54) is 27.7 Å². The van der Waals surface area contributed by atoms with Crippen molar-refractivity contribution in [2.24, 2.45) is 24.4 Å². The van der Waals surface area contributed by atoms with Crippen LogP contribution in [0.15, 0.2) is 10.3 Å². The van der Waals surface area contributed by atoms with Gasteiger partial charge in [0.15, 0.2) is 63.0 Å². The summed E-state index contributed by atoms with van der Waals surface area (Å²) in [5, 5.41) is 12.2. The number of halogens is 15. The molecule has 4 rings (SSSR count). The van der Waals surface area contributed by atoms with Crippen molar-refractivity contribution in [3.05, 3.63) is 22.5 Å². The molecule has 0 aromatic carbocycles. The molecule has 2 aromatic heterocycles. The fraction of sp³-hybridized carbons (Fsp3) is 0.704. The molecule has 4 heterocycles. The van der Waals surface area contributed by atoms with Crippen molar-refractivity contribution in [1.82, 2.24) is 19.6 Å². The van der Waals surface area contributed by atoms with Gasteiger partial charge in [-0.15, -0.1) is 11.6 Å². The lowest BCUT2D eigenvalue weighted by Crippen LogP contribution is -2.37. The largest absolute Gasteiger partial charge is 0.468 e. The van der Waals surface area contributed by atoms with E-state index in [9.17, 15) is 69.9 Å². The number of oxime groups is 2. The first-order chi connectivity index (χ1) is 25.0. The van der Waals surface area contributed by atoms with E-state index in [0.29, 0.717) is 21.1 Å². The van der Waals surface area contributed by atoms with Gasteiger partial charge >= 0.3 is 24.7 Å². The second-order valence-corrected chi connectivity index (χ2v) is 15.7. The molecule has 0 spiro atoms. The molecular weight excluding hydrogens is 870 g/mol. The molecule has 0 radical (unpaired) electrons. The lowest BCUT2D eigenvalue weighted by molar-refractivity contribution is -0.155. The molecule has 0 aliphatic carbocycles. The SMILES string of the molecule is CC1(C)ON=C(S(C)(=O)=O)C1F.Cn1nc(C(F)(F)F)c(CCl)c1OCC(F)(F)F.Cn1nc(C(F)(F)F)c(CSC2=NOC(C)(C)C2F)c1OCC(F)(F)F. The number of sulfone groups is 1. The van der Waals surface area contributed by atoms with Crippen LogP contribution < -0.4 is 9.47 Å². The lowest BCUT2D eigenvalue weighted by Gasteiger charge is -2.17. The van der Waals surface area contributed by atoms with Crippen LogP contribution in [0.2, 0.25) is 0 Å². The van der Waals surface area contributed by atoms with E-state index in [2.05, 4.69) is 34.8 Å². The maximum Gasteiger partial charge on any atom is 0.435 e. The van der Waals surface area contributed by atoms with Crippen molar-refractivity contribution in [2.75, 3.05) is 19.5 Å². The fourth-order valence-corrected chi connectivity index (χ4v) is 6.22. The van der Waals surface area contributed by atoms with Gasteiger partial charge in [-0.25, -0.2) is 26.6 Å². The van der Waals surface area contributed by atoms with Crippen molar-refractivity contribution in [2.45, 2.75) is 87.6 Å². The summed E-state index contributed by atoms with van der Waals surface area (Å²) in [7, 11) is -1.51. The average molecular weight is 901 g/mol. The summed E-state index contributed by atoms with van der Waals surface area (Å²) in [6, 6.07) is 0. The molecule has 0 fully saturated rings. The normalized spacial score (nSPS) is 19.5. The molecule has 2 atom stereocenters. The number of aryl methyl sites for hydroxylation is 2. The van der Waals surface area contributed by atoms with Gasteiger partial charge < -0.3 is 19.1 Å². The highest BCUT2D eigenvalue weighted by Gasteiger charge is 2.47. The molecular formula is C27H31ClF14N6O6S2. The summed E-state index contributed by atoms with van der Waals surface area (Å²) in [5.41, 5.74) is -6.45. The van der Waals surface area contributed by atoms with Crippen LogP contribution in [0, 0.1) is 0 Å². The predicted octanol–water partition coefficient (Wildman–Crippen LogP) is 7.68. The van der Waals surface area contributed by atoms with E-state index in [4.69, 9.17) is 16.4 Å². The first-order valence-corrected chi connectivity index (χ1v) is 18.3. The summed E-state index contributed by atoms with van der Waals surface area (Å²) in [6.07, 6.45) is -21.6. The molecule has 2 aromatic rings. The number of thioether (sulfide) groups is 1. The summed E-state index contributed by atoms with van der Waals surface area (Å²) in [4.78, 5) is 9.47. The molecule has 0 saturated carbocycles. The minimum Gasteiger partial charge on any atom is -0.468 e. The molecule has 0 amide bonds. The third-order valence-corrected chi connectivity index (χ3v) is 9.05. The number of alkyl halides is 15. The van der Waals surface area contributed by atoms with Gasteiger partial charge in [0, 0.05) is 26.1 Å². The molecule has 2 unspecified atom stereocenters. The molecule has 2 aliphatic heterocycles. The molecule has 2 aliphatic rings. The standard InChI is InChI=1S/C13H14F7N3O2S.C8H7ClF6N2O.C6H10FNO3S/c1-11(2)7(14)9(22-25-11)26-4-6-8(13(18,19)20)21-23(3)10(6)24-5-12(15,16)17;1-17-6(18-3-7(10,11)12)4(2-9)5(16-17)8(13,14)15;1-6(2)4(7)5(8-11-6)12(3,9)10/h7H,4-5H2,1-3H3;2-3H2,1H3;4H,1-3H3. The van der Waals surface area contributed by atoms with Gasteiger partial charge in [-0.05, 0) is 27.7 Å². The Morgan fingerprint density at radius 3 is 1.43 bits per heavy atom. The molecule has 29 heteroatoms.